The van der Waals surface area contributed by atoms with Gasteiger partial charge in [0, 0.05) is 12.7 Å². The number of nitrogens with one attached hydrogen (secondary N) is 1. The maximum Gasteiger partial charge on any atom is 0.417 e. The molecule has 0 fully saturated rings. The predicted molar refractivity (Wildman–Crippen MR) is 88.4 cm³/mol. The number of carbonyl (C=O) groups excluding carboxylic acids is 1. The van der Waals surface area contributed by atoms with Crippen molar-refractivity contribution in [2.45, 2.75) is 45.2 Å². The molecule has 0 aromatic carbocycles. The molecule has 4 nitrogen and oxygen atoms in total. The summed E-state index contributed by atoms with van der Waals surface area (Å²) in [5, 5.41) is 2.80. The first-order valence-corrected chi connectivity index (χ1v) is 8.38. The summed E-state index contributed by atoms with van der Waals surface area (Å²) in [5.41, 5.74) is 1.41. The highest BCUT2D eigenvalue weighted by molar-refractivity contribution is 5.94. The number of fused-ring (bicyclic) bond motifs is 1. The Morgan fingerprint density at radius 1 is 1.32 bits per heavy atom. The number of aryl methyl sites for hydroxylation is 1. The molecule has 2 heterocycles. The van der Waals surface area contributed by atoms with Crippen LogP contribution in [0.1, 0.15) is 53.8 Å². The molecule has 0 spiro atoms. The fourth-order valence-electron chi connectivity index (χ4n) is 3.16. The van der Waals surface area contributed by atoms with Gasteiger partial charge in [-0.15, -0.1) is 0 Å². The van der Waals surface area contributed by atoms with Gasteiger partial charge in [0.2, 0.25) is 0 Å². The van der Waals surface area contributed by atoms with Crippen molar-refractivity contribution in [3.05, 3.63) is 46.9 Å². The molecule has 1 aliphatic rings. The van der Waals surface area contributed by atoms with Crippen molar-refractivity contribution < 1.29 is 18.0 Å². The molecule has 1 amide bonds. The van der Waals surface area contributed by atoms with E-state index in [2.05, 4.69) is 16.4 Å². The van der Waals surface area contributed by atoms with Gasteiger partial charge in [0.05, 0.1) is 11.3 Å². The third kappa shape index (κ3) is 3.86. The summed E-state index contributed by atoms with van der Waals surface area (Å²) < 4.78 is 40.0. The average molecular weight is 351 g/mol. The molecule has 0 saturated heterocycles. The number of alkyl halides is 3. The molecule has 0 atom stereocenters. The standard InChI is InChI=1S/C18H20F3N3O/c1-12-16(17(25)22-10-9-13-5-3-2-4-6-13)24-11-14(18(19,20)21)7-8-15(24)23-12/h5,7-8,11H,2-4,6,9-10H2,1H3,(H,22,25). The second-order valence-electron chi connectivity index (χ2n) is 6.30. The van der Waals surface area contributed by atoms with E-state index in [4.69, 9.17) is 0 Å². The lowest BCUT2D eigenvalue weighted by atomic mass is 9.97. The first-order chi connectivity index (χ1) is 11.9. The molecular weight excluding hydrogens is 331 g/mol. The van der Waals surface area contributed by atoms with Gasteiger partial charge in [-0.05, 0) is 51.2 Å². The quantitative estimate of drug-likeness (QED) is 0.836. The normalized spacial score (nSPS) is 15.3. The minimum Gasteiger partial charge on any atom is -0.350 e. The second kappa shape index (κ2) is 6.90. The molecular formula is C18H20F3N3O. The number of hydrogen-bond acceptors (Lipinski definition) is 2. The molecule has 25 heavy (non-hydrogen) atoms. The Balaban J connectivity index is 1.78. The van der Waals surface area contributed by atoms with E-state index in [1.807, 2.05) is 0 Å². The highest BCUT2D eigenvalue weighted by atomic mass is 19.4. The Labute approximate surface area is 143 Å². The van der Waals surface area contributed by atoms with Crippen LogP contribution < -0.4 is 5.32 Å². The highest BCUT2D eigenvalue weighted by Gasteiger charge is 2.31. The van der Waals surface area contributed by atoms with Crippen LogP contribution in [-0.2, 0) is 6.18 Å². The number of allylic oxidation sites excluding steroid dienone is 1. The minimum absolute atomic E-state index is 0.152. The first-order valence-electron chi connectivity index (χ1n) is 8.38. The van der Waals surface area contributed by atoms with Crippen molar-refractivity contribution in [2.24, 2.45) is 0 Å². The molecule has 1 N–H and O–H groups in total. The number of aromatic nitrogens is 2. The number of amides is 1. The maximum atomic E-state index is 12.9. The molecule has 0 aliphatic heterocycles. The fraction of sp³-hybridized carbons (Fsp3) is 0.444. The number of rotatable bonds is 4. The van der Waals surface area contributed by atoms with E-state index >= 15 is 0 Å². The van der Waals surface area contributed by atoms with Crippen molar-refractivity contribution in [3.63, 3.8) is 0 Å². The Morgan fingerprint density at radius 3 is 2.80 bits per heavy atom. The molecule has 0 bridgehead atoms. The Kier molecular flexibility index (Phi) is 4.83. The van der Waals surface area contributed by atoms with E-state index < -0.39 is 17.6 Å². The molecule has 0 radical (unpaired) electrons. The van der Waals surface area contributed by atoms with Gasteiger partial charge in [0.1, 0.15) is 11.3 Å². The van der Waals surface area contributed by atoms with Crippen LogP contribution in [0, 0.1) is 6.92 Å². The van der Waals surface area contributed by atoms with Gasteiger partial charge in [0.25, 0.3) is 5.91 Å². The van der Waals surface area contributed by atoms with Gasteiger partial charge in [-0.2, -0.15) is 13.2 Å². The van der Waals surface area contributed by atoms with Crippen LogP contribution in [0.15, 0.2) is 30.0 Å². The van der Waals surface area contributed by atoms with Crippen molar-refractivity contribution >= 4 is 11.6 Å². The van der Waals surface area contributed by atoms with Crippen LogP contribution in [0.4, 0.5) is 13.2 Å². The molecule has 3 rings (SSSR count). The predicted octanol–water partition coefficient (Wildman–Crippen LogP) is 4.28. The molecule has 7 heteroatoms. The molecule has 134 valence electrons. The summed E-state index contributed by atoms with van der Waals surface area (Å²) in [6, 6.07) is 2.25. The lowest BCUT2D eigenvalue weighted by molar-refractivity contribution is -0.137. The topological polar surface area (TPSA) is 46.4 Å². The van der Waals surface area contributed by atoms with Gasteiger partial charge in [-0.1, -0.05) is 11.6 Å². The summed E-state index contributed by atoms with van der Waals surface area (Å²) in [6.07, 6.45) is 3.96. The van der Waals surface area contributed by atoms with Gasteiger partial charge in [-0.3, -0.25) is 9.20 Å². The summed E-state index contributed by atoms with van der Waals surface area (Å²) in [7, 11) is 0. The minimum atomic E-state index is -4.46. The van der Waals surface area contributed by atoms with Crippen LogP contribution >= 0.6 is 0 Å². The van der Waals surface area contributed by atoms with E-state index in [1.165, 1.54) is 28.9 Å². The van der Waals surface area contributed by atoms with Crippen LogP contribution in [-0.4, -0.2) is 21.8 Å². The third-order valence-corrected chi connectivity index (χ3v) is 4.45. The number of carbonyl (C=O) groups is 1. The highest BCUT2D eigenvalue weighted by Crippen LogP contribution is 2.29. The van der Waals surface area contributed by atoms with Gasteiger partial charge >= 0.3 is 6.18 Å². The smallest absolute Gasteiger partial charge is 0.350 e. The van der Waals surface area contributed by atoms with Gasteiger partial charge in [-0.25, -0.2) is 4.98 Å². The van der Waals surface area contributed by atoms with Crippen molar-refractivity contribution in [1.29, 1.82) is 0 Å². The van der Waals surface area contributed by atoms with E-state index in [0.29, 0.717) is 17.9 Å². The van der Waals surface area contributed by atoms with Crippen LogP contribution in [0.5, 0.6) is 0 Å². The van der Waals surface area contributed by atoms with E-state index in [0.717, 1.165) is 31.5 Å². The first kappa shape index (κ1) is 17.5. The zero-order valence-electron chi connectivity index (χ0n) is 14.0. The average Bonchev–Trinajstić information content (AvgIpc) is 2.90. The van der Waals surface area contributed by atoms with E-state index in [1.54, 1.807) is 6.92 Å². The van der Waals surface area contributed by atoms with Gasteiger partial charge in [0.15, 0.2) is 0 Å². The van der Waals surface area contributed by atoms with Crippen LogP contribution in [0.2, 0.25) is 0 Å². The SMILES string of the molecule is Cc1nc2ccc(C(F)(F)F)cn2c1C(=O)NCCC1=CCCCC1. The van der Waals surface area contributed by atoms with Gasteiger partial charge < -0.3 is 5.32 Å². The summed E-state index contributed by atoms with van der Waals surface area (Å²) in [4.78, 5) is 16.6. The second-order valence-corrected chi connectivity index (χ2v) is 6.30. The molecule has 2 aromatic rings. The Bertz CT molecular complexity index is 821. The lowest BCUT2D eigenvalue weighted by Gasteiger charge is -2.13. The lowest BCUT2D eigenvalue weighted by Crippen LogP contribution is -2.27. The summed E-state index contributed by atoms with van der Waals surface area (Å²) in [6.45, 7) is 2.09. The van der Waals surface area contributed by atoms with Crippen molar-refractivity contribution in [3.8, 4) is 0 Å². The summed E-state index contributed by atoms with van der Waals surface area (Å²) in [5.74, 6) is -0.402. The number of halogens is 3. The monoisotopic (exact) mass is 351 g/mol. The third-order valence-electron chi connectivity index (χ3n) is 4.45. The van der Waals surface area contributed by atoms with Crippen LogP contribution in [0.3, 0.4) is 0 Å². The largest absolute Gasteiger partial charge is 0.417 e. The number of hydrogen-bond donors (Lipinski definition) is 1. The maximum absolute atomic E-state index is 12.9. The Hall–Kier alpha value is -2.31. The van der Waals surface area contributed by atoms with E-state index in [9.17, 15) is 18.0 Å². The zero-order valence-corrected chi connectivity index (χ0v) is 14.0. The zero-order chi connectivity index (χ0) is 18.0. The molecule has 0 unspecified atom stereocenters. The number of nitrogens with zero attached hydrogens (tertiary/aromatic N) is 2. The fourth-order valence-corrected chi connectivity index (χ4v) is 3.16. The molecule has 0 saturated carbocycles. The number of pyridine rings is 1. The van der Waals surface area contributed by atoms with E-state index in [-0.39, 0.29) is 5.69 Å². The molecule has 2 aromatic heterocycles. The Morgan fingerprint density at radius 2 is 2.12 bits per heavy atom. The van der Waals surface area contributed by atoms with Crippen molar-refractivity contribution in [1.82, 2.24) is 14.7 Å². The molecule has 1 aliphatic carbocycles. The summed E-state index contributed by atoms with van der Waals surface area (Å²) >= 11 is 0. The van der Waals surface area contributed by atoms with Crippen molar-refractivity contribution in [2.75, 3.05) is 6.54 Å². The number of imidazole rings is 1. The van der Waals surface area contributed by atoms with Crippen LogP contribution in [0.25, 0.3) is 5.65 Å².